The lowest BCUT2D eigenvalue weighted by atomic mass is 10.0. The van der Waals surface area contributed by atoms with Gasteiger partial charge in [-0.1, -0.05) is 60.7 Å². The maximum absolute atomic E-state index is 6.20. The Morgan fingerprint density at radius 2 is 1.56 bits per heavy atom. The normalized spacial score (nSPS) is 27.3. The van der Waals surface area contributed by atoms with Crippen molar-refractivity contribution in [3.63, 3.8) is 0 Å². The molecule has 0 amide bonds. The molecule has 0 saturated carbocycles. The molecule has 0 aliphatic carbocycles. The molecule has 92 valence electrons. The lowest BCUT2D eigenvalue weighted by molar-refractivity contribution is 0.238. The maximum atomic E-state index is 6.20. The van der Waals surface area contributed by atoms with Crippen molar-refractivity contribution in [3.8, 4) is 0 Å². The van der Waals surface area contributed by atoms with E-state index in [4.69, 9.17) is 4.52 Å². The first-order valence-electron chi connectivity index (χ1n) is 6.17. The van der Waals surface area contributed by atoms with Crippen LogP contribution < -0.4 is 10.4 Å². The maximum Gasteiger partial charge on any atom is 0.135 e. The minimum Gasteiger partial charge on any atom is -0.330 e. The summed E-state index contributed by atoms with van der Waals surface area (Å²) in [5.74, 6) is 0. The van der Waals surface area contributed by atoms with Crippen LogP contribution in [0.1, 0.15) is 18.6 Å². The fourth-order valence-corrected chi connectivity index (χ4v) is 3.99. The van der Waals surface area contributed by atoms with Gasteiger partial charge in [0, 0.05) is 11.3 Å². The number of benzene rings is 2. The summed E-state index contributed by atoms with van der Waals surface area (Å²) >= 11 is 0. The van der Waals surface area contributed by atoms with E-state index in [-0.39, 0.29) is 6.10 Å². The third-order valence-electron chi connectivity index (χ3n) is 3.11. The van der Waals surface area contributed by atoms with Gasteiger partial charge in [0.15, 0.2) is 0 Å². The summed E-state index contributed by atoms with van der Waals surface area (Å²) < 4.78 is 6.20. The molecule has 3 atom stereocenters. The van der Waals surface area contributed by atoms with Crippen LogP contribution in [-0.2, 0) is 4.52 Å². The first-order chi connectivity index (χ1) is 8.84. The molecule has 0 spiro atoms. The number of hydrogen-bond donors (Lipinski definition) is 1. The second-order valence-corrected chi connectivity index (χ2v) is 6.06. The van der Waals surface area contributed by atoms with E-state index >= 15 is 0 Å². The smallest absolute Gasteiger partial charge is 0.135 e. The fourth-order valence-electron chi connectivity index (χ4n) is 2.18. The van der Waals surface area contributed by atoms with Gasteiger partial charge in [0.2, 0.25) is 0 Å². The molecule has 2 nitrogen and oxygen atoms in total. The van der Waals surface area contributed by atoms with Gasteiger partial charge in [0.1, 0.15) is 14.4 Å². The lowest BCUT2D eigenvalue weighted by Gasteiger charge is -2.13. The number of rotatable bonds is 2. The Labute approximate surface area is 109 Å². The molecular weight excluding hydrogens is 241 g/mol. The van der Waals surface area contributed by atoms with Crippen molar-refractivity contribution in [1.82, 2.24) is 5.09 Å². The van der Waals surface area contributed by atoms with Gasteiger partial charge in [-0.3, -0.25) is 5.09 Å². The number of hydrogen-bond acceptors (Lipinski definition) is 2. The van der Waals surface area contributed by atoms with Crippen LogP contribution in [0.5, 0.6) is 0 Å². The minimum atomic E-state index is -0.693. The van der Waals surface area contributed by atoms with E-state index in [2.05, 4.69) is 60.5 Å². The third kappa shape index (κ3) is 2.32. The quantitative estimate of drug-likeness (QED) is 0.833. The van der Waals surface area contributed by atoms with E-state index in [0.717, 1.165) is 0 Å². The molecule has 0 bridgehead atoms. The van der Waals surface area contributed by atoms with Gasteiger partial charge < -0.3 is 4.52 Å². The van der Waals surface area contributed by atoms with Crippen LogP contribution in [0.4, 0.5) is 0 Å². The predicted molar refractivity (Wildman–Crippen MR) is 75.9 cm³/mol. The Kier molecular flexibility index (Phi) is 3.42. The van der Waals surface area contributed by atoms with Crippen molar-refractivity contribution < 1.29 is 4.52 Å². The van der Waals surface area contributed by atoms with E-state index < -0.39 is 8.30 Å². The monoisotopic (exact) mass is 257 g/mol. The molecule has 0 radical (unpaired) electrons. The average molecular weight is 257 g/mol. The highest BCUT2D eigenvalue weighted by atomic mass is 31.2. The molecule has 1 unspecified atom stereocenters. The van der Waals surface area contributed by atoms with Crippen LogP contribution >= 0.6 is 8.30 Å². The van der Waals surface area contributed by atoms with E-state index in [1.165, 1.54) is 10.9 Å². The Morgan fingerprint density at radius 3 is 2.22 bits per heavy atom. The standard InChI is InChI=1S/C15H16NOP/c1-12-15(13-8-4-2-5-9-13)17-18(16-12)14-10-6-3-7-11-14/h2-12,15-16H,1H3/t12-,15-,18?/m1/s1. The molecule has 1 heterocycles. The molecule has 1 aliphatic rings. The first-order valence-corrected chi connectivity index (χ1v) is 7.43. The zero-order chi connectivity index (χ0) is 12.4. The van der Waals surface area contributed by atoms with Crippen molar-refractivity contribution in [1.29, 1.82) is 0 Å². The molecule has 3 rings (SSSR count). The zero-order valence-corrected chi connectivity index (χ0v) is 11.2. The lowest BCUT2D eigenvalue weighted by Crippen LogP contribution is -2.21. The summed E-state index contributed by atoms with van der Waals surface area (Å²) in [4.78, 5) is 0. The summed E-state index contributed by atoms with van der Waals surface area (Å²) in [7, 11) is -0.693. The Hall–Kier alpha value is -1.21. The van der Waals surface area contributed by atoms with Gasteiger partial charge in [-0.25, -0.2) is 0 Å². The van der Waals surface area contributed by atoms with E-state index in [1.54, 1.807) is 0 Å². The second-order valence-electron chi connectivity index (χ2n) is 4.48. The van der Waals surface area contributed by atoms with E-state index in [1.807, 2.05) is 12.1 Å². The van der Waals surface area contributed by atoms with E-state index in [0.29, 0.717) is 6.04 Å². The third-order valence-corrected chi connectivity index (χ3v) is 4.96. The largest absolute Gasteiger partial charge is 0.330 e. The van der Waals surface area contributed by atoms with Crippen molar-refractivity contribution >= 4 is 13.6 Å². The predicted octanol–water partition coefficient (Wildman–Crippen LogP) is 3.37. The molecule has 18 heavy (non-hydrogen) atoms. The molecule has 1 aliphatic heterocycles. The summed E-state index contributed by atoms with van der Waals surface area (Å²) in [5, 5.41) is 4.81. The Bertz CT molecular complexity index is 502. The van der Waals surface area contributed by atoms with Crippen LogP contribution in [0.2, 0.25) is 0 Å². The molecule has 1 N–H and O–H groups in total. The Morgan fingerprint density at radius 1 is 0.944 bits per heavy atom. The minimum absolute atomic E-state index is 0.150. The van der Waals surface area contributed by atoms with Crippen molar-refractivity contribution in [2.45, 2.75) is 19.1 Å². The molecule has 2 aromatic rings. The van der Waals surface area contributed by atoms with Crippen molar-refractivity contribution in [2.24, 2.45) is 0 Å². The second kappa shape index (κ2) is 5.19. The van der Waals surface area contributed by atoms with Crippen LogP contribution in [-0.4, -0.2) is 6.04 Å². The Balaban J connectivity index is 1.81. The van der Waals surface area contributed by atoms with Crippen LogP contribution in [0.15, 0.2) is 60.7 Å². The van der Waals surface area contributed by atoms with Crippen molar-refractivity contribution in [2.75, 3.05) is 0 Å². The van der Waals surface area contributed by atoms with Crippen LogP contribution in [0.3, 0.4) is 0 Å². The fraction of sp³-hybridized carbons (Fsp3) is 0.200. The SMILES string of the molecule is C[C@H]1NP(c2ccccc2)O[C@H]1c1ccccc1. The average Bonchev–Trinajstić information content (AvgIpc) is 2.83. The van der Waals surface area contributed by atoms with Gasteiger partial charge >= 0.3 is 0 Å². The highest BCUT2D eigenvalue weighted by Gasteiger charge is 2.33. The van der Waals surface area contributed by atoms with Gasteiger partial charge in [-0.05, 0) is 12.5 Å². The van der Waals surface area contributed by atoms with Crippen molar-refractivity contribution in [3.05, 3.63) is 66.2 Å². The summed E-state index contributed by atoms with van der Waals surface area (Å²) in [6.45, 7) is 2.18. The molecule has 1 saturated heterocycles. The molecule has 1 fully saturated rings. The summed E-state index contributed by atoms with van der Waals surface area (Å²) in [5.41, 5.74) is 1.25. The van der Waals surface area contributed by atoms with Crippen LogP contribution in [0, 0.1) is 0 Å². The molecular formula is C15H16NOP. The highest BCUT2D eigenvalue weighted by molar-refractivity contribution is 7.59. The van der Waals surface area contributed by atoms with E-state index in [9.17, 15) is 0 Å². The summed E-state index contributed by atoms with van der Waals surface area (Å²) in [6, 6.07) is 21.2. The van der Waals surface area contributed by atoms with Gasteiger partial charge in [-0.2, -0.15) is 0 Å². The zero-order valence-electron chi connectivity index (χ0n) is 10.3. The number of nitrogens with one attached hydrogen (secondary N) is 1. The summed E-state index contributed by atoms with van der Waals surface area (Å²) in [6.07, 6.45) is 0.150. The topological polar surface area (TPSA) is 21.3 Å². The molecule has 3 heteroatoms. The van der Waals surface area contributed by atoms with Crippen LogP contribution in [0.25, 0.3) is 0 Å². The van der Waals surface area contributed by atoms with Gasteiger partial charge in [0.25, 0.3) is 0 Å². The van der Waals surface area contributed by atoms with Gasteiger partial charge in [0.05, 0.1) is 0 Å². The first kappa shape index (κ1) is 11.9. The van der Waals surface area contributed by atoms with Gasteiger partial charge in [-0.15, -0.1) is 0 Å². The molecule has 2 aromatic carbocycles. The molecule has 0 aromatic heterocycles. The highest BCUT2D eigenvalue weighted by Crippen LogP contribution is 2.46.